The number of urea groups is 1. The van der Waals surface area contributed by atoms with E-state index in [4.69, 9.17) is 23.2 Å². The van der Waals surface area contributed by atoms with Gasteiger partial charge in [0.05, 0.1) is 5.41 Å². The Bertz CT molecular complexity index is 560. The second kappa shape index (κ2) is 5.52. The number of nitrogens with zero attached hydrogens (tertiary/aromatic N) is 1. The van der Waals surface area contributed by atoms with Gasteiger partial charge in [-0.1, -0.05) is 12.8 Å². The molecule has 1 aliphatic heterocycles. The molecule has 4 amide bonds. The van der Waals surface area contributed by atoms with Gasteiger partial charge in [0, 0.05) is 13.1 Å². The third kappa shape index (κ3) is 2.70. The molecule has 1 spiro atoms. The van der Waals surface area contributed by atoms with Gasteiger partial charge >= 0.3 is 6.03 Å². The van der Waals surface area contributed by atoms with Crippen LogP contribution in [0.1, 0.15) is 45.4 Å². The van der Waals surface area contributed by atoms with Crippen LogP contribution in [0.5, 0.6) is 0 Å². The van der Waals surface area contributed by atoms with E-state index in [-0.39, 0.29) is 17.8 Å². The van der Waals surface area contributed by atoms with Crippen molar-refractivity contribution >= 4 is 41.0 Å². The van der Waals surface area contributed by atoms with E-state index in [1.54, 1.807) is 6.92 Å². The highest BCUT2D eigenvalue weighted by Gasteiger charge is 2.67. The lowest BCUT2D eigenvalue weighted by molar-refractivity contribution is -0.131. The Hall–Kier alpha value is -1.01. The number of alkyl halides is 2. The van der Waals surface area contributed by atoms with Crippen LogP contribution in [-0.2, 0) is 9.59 Å². The molecule has 0 radical (unpaired) electrons. The van der Waals surface area contributed by atoms with Gasteiger partial charge in [0.2, 0.25) is 5.91 Å². The quantitative estimate of drug-likeness (QED) is 0.446. The predicted octanol–water partition coefficient (Wildman–Crippen LogP) is 1.94. The van der Waals surface area contributed by atoms with Crippen molar-refractivity contribution in [1.29, 1.82) is 0 Å². The van der Waals surface area contributed by atoms with Gasteiger partial charge in [0.25, 0.3) is 5.91 Å². The Morgan fingerprint density at radius 1 is 1.30 bits per heavy atom. The molecule has 2 saturated carbocycles. The summed E-state index contributed by atoms with van der Waals surface area (Å²) in [6.45, 7) is 2.41. The number of nitrogens with one attached hydrogen (secondary N) is 2. The van der Waals surface area contributed by atoms with Gasteiger partial charge in [-0.2, -0.15) is 0 Å². The summed E-state index contributed by atoms with van der Waals surface area (Å²) in [5.41, 5.74) is -1.41. The lowest BCUT2D eigenvalue weighted by atomic mass is 9.98. The Balaban J connectivity index is 1.45. The first-order valence-electron chi connectivity index (χ1n) is 8.02. The van der Waals surface area contributed by atoms with E-state index in [9.17, 15) is 14.4 Å². The monoisotopic (exact) mass is 361 g/mol. The molecule has 0 aromatic carbocycles. The number of halogens is 2. The van der Waals surface area contributed by atoms with Crippen LogP contribution < -0.4 is 10.6 Å². The van der Waals surface area contributed by atoms with Crippen molar-refractivity contribution in [3.05, 3.63) is 0 Å². The zero-order chi connectivity index (χ0) is 16.9. The average Bonchev–Trinajstić information content (AvgIpc) is 2.82. The number of amides is 4. The Morgan fingerprint density at radius 2 is 1.91 bits per heavy atom. The van der Waals surface area contributed by atoms with Gasteiger partial charge in [-0.15, -0.1) is 23.2 Å². The minimum atomic E-state index is -0.989. The van der Waals surface area contributed by atoms with E-state index >= 15 is 0 Å². The fourth-order valence-electron chi connectivity index (χ4n) is 3.48. The van der Waals surface area contributed by atoms with Crippen molar-refractivity contribution in [3.8, 4) is 0 Å². The number of rotatable bonds is 5. The molecular weight excluding hydrogens is 341 g/mol. The minimum Gasteiger partial charge on any atom is -0.355 e. The molecule has 1 heterocycles. The van der Waals surface area contributed by atoms with Crippen LogP contribution in [-0.4, -0.2) is 45.7 Å². The highest BCUT2D eigenvalue weighted by Crippen LogP contribution is 2.63. The van der Waals surface area contributed by atoms with E-state index in [1.807, 2.05) is 0 Å². The molecule has 2 aliphatic carbocycles. The van der Waals surface area contributed by atoms with E-state index in [0.717, 1.165) is 25.7 Å². The summed E-state index contributed by atoms with van der Waals surface area (Å²) in [6, 6.07) is -0.321. The molecule has 6 nitrogen and oxygen atoms in total. The molecule has 0 unspecified atom stereocenters. The third-order valence-corrected chi connectivity index (χ3v) is 6.41. The average molecular weight is 362 g/mol. The Kier molecular flexibility index (Phi) is 4.04. The summed E-state index contributed by atoms with van der Waals surface area (Å²) < 4.78 is -0.989. The SMILES string of the molecule is C[C@]1(C(=O)NCCCN2C(=O)NC3(CCCC3)C2=O)CC1(Cl)Cl. The van der Waals surface area contributed by atoms with Gasteiger partial charge in [0.1, 0.15) is 9.87 Å². The Morgan fingerprint density at radius 3 is 2.48 bits per heavy atom. The van der Waals surface area contributed by atoms with Crippen LogP contribution in [0, 0.1) is 5.41 Å². The fraction of sp³-hybridized carbons (Fsp3) is 0.800. The van der Waals surface area contributed by atoms with Crippen LogP contribution in [0.25, 0.3) is 0 Å². The lowest BCUT2D eigenvalue weighted by Gasteiger charge is -2.20. The maximum atomic E-state index is 12.4. The van der Waals surface area contributed by atoms with Crippen LogP contribution in [0.3, 0.4) is 0 Å². The summed E-state index contributed by atoms with van der Waals surface area (Å²) in [6.07, 6.45) is 4.31. The van der Waals surface area contributed by atoms with Crippen LogP contribution in [0.4, 0.5) is 4.79 Å². The maximum Gasteiger partial charge on any atom is 0.325 e. The van der Waals surface area contributed by atoms with Crippen molar-refractivity contribution in [1.82, 2.24) is 15.5 Å². The van der Waals surface area contributed by atoms with Crippen molar-refractivity contribution in [2.24, 2.45) is 5.41 Å². The van der Waals surface area contributed by atoms with Crippen molar-refractivity contribution < 1.29 is 14.4 Å². The molecule has 3 rings (SSSR count). The summed E-state index contributed by atoms with van der Waals surface area (Å²) in [4.78, 5) is 37.7. The first-order valence-corrected chi connectivity index (χ1v) is 8.78. The molecule has 3 fully saturated rings. The summed E-state index contributed by atoms with van der Waals surface area (Å²) in [5.74, 6) is -0.312. The van der Waals surface area contributed by atoms with Crippen molar-refractivity contribution in [2.45, 2.75) is 55.3 Å². The van der Waals surface area contributed by atoms with Gasteiger partial charge in [0.15, 0.2) is 0 Å². The number of hydrogen-bond donors (Lipinski definition) is 2. The zero-order valence-electron chi connectivity index (χ0n) is 13.1. The van der Waals surface area contributed by atoms with Crippen LogP contribution in [0.15, 0.2) is 0 Å². The van der Waals surface area contributed by atoms with Crippen molar-refractivity contribution in [3.63, 3.8) is 0 Å². The molecule has 128 valence electrons. The molecule has 23 heavy (non-hydrogen) atoms. The number of imide groups is 1. The van der Waals surface area contributed by atoms with Gasteiger partial charge < -0.3 is 10.6 Å². The first-order chi connectivity index (χ1) is 10.7. The summed E-state index contributed by atoms with van der Waals surface area (Å²) in [7, 11) is 0. The topological polar surface area (TPSA) is 78.5 Å². The number of carbonyl (C=O) groups excluding carboxylic acids is 3. The largest absolute Gasteiger partial charge is 0.355 e. The minimum absolute atomic E-state index is 0.124. The number of carbonyl (C=O) groups is 3. The second-order valence-corrected chi connectivity index (χ2v) is 8.48. The second-order valence-electron chi connectivity index (χ2n) is 7.00. The van der Waals surface area contributed by atoms with Gasteiger partial charge in [-0.3, -0.25) is 14.5 Å². The van der Waals surface area contributed by atoms with Crippen LogP contribution in [0.2, 0.25) is 0 Å². The molecule has 1 saturated heterocycles. The molecule has 3 aliphatic rings. The lowest BCUT2D eigenvalue weighted by Crippen LogP contribution is -2.44. The first kappa shape index (κ1) is 16.8. The summed E-state index contributed by atoms with van der Waals surface area (Å²) >= 11 is 11.9. The number of hydrogen-bond acceptors (Lipinski definition) is 3. The van der Waals surface area contributed by atoms with Gasteiger partial charge in [-0.05, 0) is 32.6 Å². The van der Waals surface area contributed by atoms with Gasteiger partial charge in [-0.25, -0.2) is 4.79 Å². The standard InChI is InChI=1S/C15H21Cl2N3O3/c1-13(9-15(13,16)17)10(21)18-7-4-8-20-11(22)14(19-12(20)23)5-2-3-6-14/h2-9H2,1H3,(H,18,21)(H,19,23)/t13-/m1/s1. The normalized spacial score (nSPS) is 30.7. The van der Waals surface area contributed by atoms with E-state index in [1.165, 1.54) is 4.90 Å². The van der Waals surface area contributed by atoms with E-state index in [2.05, 4.69) is 10.6 Å². The fourth-order valence-corrected chi connectivity index (χ4v) is 4.18. The smallest absolute Gasteiger partial charge is 0.325 e. The van der Waals surface area contributed by atoms with Crippen LogP contribution >= 0.6 is 23.2 Å². The van der Waals surface area contributed by atoms with E-state index < -0.39 is 15.3 Å². The predicted molar refractivity (Wildman–Crippen MR) is 86.2 cm³/mol. The molecule has 0 aromatic rings. The molecule has 2 N–H and O–H groups in total. The molecule has 0 bridgehead atoms. The summed E-state index contributed by atoms with van der Waals surface area (Å²) in [5, 5.41) is 5.62. The highest BCUT2D eigenvalue weighted by molar-refractivity contribution is 6.53. The van der Waals surface area contributed by atoms with Crippen molar-refractivity contribution in [2.75, 3.05) is 13.1 Å². The highest BCUT2D eigenvalue weighted by atomic mass is 35.5. The Labute approximate surface area is 145 Å². The third-order valence-electron chi connectivity index (χ3n) is 5.31. The molecule has 1 atom stereocenters. The van der Waals surface area contributed by atoms with E-state index in [0.29, 0.717) is 25.9 Å². The molecular formula is C15H21Cl2N3O3. The zero-order valence-corrected chi connectivity index (χ0v) is 14.6. The molecule has 0 aromatic heterocycles. The molecule has 8 heteroatoms. The maximum absolute atomic E-state index is 12.4.